The van der Waals surface area contributed by atoms with Crippen LogP contribution in [0.3, 0.4) is 0 Å². The maximum absolute atomic E-state index is 5.28. The molecule has 0 aliphatic heterocycles. The van der Waals surface area contributed by atoms with Crippen LogP contribution in [0.15, 0.2) is 58.3 Å². The maximum Gasteiger partial charge on any atom is 0.118 e. The van der Waals surface area contributed by atoms with Crippen LogP contribution in [0.2, 0.25) is 0 Å². The molecule has 0 saturated heterocycles. The summed E-state index contributed by atoms with van der Waals surface area (Å²) in [5.74, 6) is 1.83. The van der Waals surface area contributed by atoms with Crippen LogP contribution in [-0.4, -0.2) is 18.3 Å². The van der Waals surface area contributed by atoms with Gasteiger partial charge in [-0.3, -0.25) is 0 Å². The van der Waals surface area contributed by atoms with Gasteiger partial charge in [-0.25, -0.2) is 0 Å². The van der Waals surface area contributed by atoms with Crippen LogP contribution in [0.1, 0.15) is 32.1 Å². The summed E-state index contributed by atoms with van der Waals surface area (Å²) in [7, 11) is 3.43. The molecule has 0 unspecified atom stereocenters. The quantitative estimate of drug-likeness (QED) is 0.567. The van der Waals surface area contributed by atoms with Crippen LogP contribution < -0.4 is 9.47 Å². The SMILES string of the molecule is COc1ccc(SC2(Sc3ccc(OC)cc3)CCCCC2)cc1. The second kappa shape index (κ2) is 8.21. The first-order valence-corrected chi connectivity index (χ1v) is 10.0. The maximum atomic E-state index is 5.28. The van der Waals surface area contributed by atoms with E-state index in [1.165, 1.54) is 41.9 Å². The van der Waals surface area contributed by atoms with Crippen LogP contribution in [0, 0.1) is 0 Å². The first kappa shape index (κ1) is 17.6. The Kier molecular flexibility index (Phi) is 6.01. The highest BCUT2D eigenvalue weighted by Gasteiger charge is 2.34. The zero-order valence-corrected chi connectivity index (χ0v) is 15.9. The summed E-state index contributed by atoms with van der Waals surface area (Å²) in [5, 5.41) is 0. The van der Waals surface area contributed by atoms with Gasteiger partial charge in [0.25, 0.3) is 0 Å². The number of methoxy groups -OCH3 is 2. The minimum Gasteiger partial charge on any atom is -0.497 e. The number of benzene rings is 2. The lowest BCUT2D eigenvalue weighted by Crippen LogP contribution is -2.23. The zero-order valence-electron chi connectivity index (χ0n) is 14.3. The molecule has 4 heteroatoms. The van der Waals surface area contributed by atoms with Gasteiger partial charge in [0.1, 0.15) is 11.5 Å². The second-order valence-electron chi connectivity index (χ2n) is 6.03. The molecule has 2 nitrogen and oxygen atoms in total. The first-order chi connectivity index (χ1) is 11.7. The van der Waals surface area contributed by atoms with Crippen LogP contribution in [0.5, 0.6) is 11.5 Å². The van der Waals surface area contributed by atoms with Gasteiger partial charge in [0, 0.05) is 9.79 Å². The van der Waals surface area contributed by atoms with Crippen LogP contribution in [0.25, 0.3) is 0 Å². The number of hydrogen-bond donors (Lipinski definition) is 0. The van der Waals surface area contributed by atoms with Crippen molar-refractivity contribution in [2.45, 2.75) is 46.0 Å². The van der Waals surface area contributed by atoms with Gasteiger partial charge >= 0.3 is 0 Å². The summed E-state index contributed by atoms with van der Waals surface area (Å²) in [6.07, 6.45) is 6.48. The van der Waals surface area contributed by atoms with Gasteiger partial charge in [-0.1, -0.05) is 19.3 Å². The molecule has 0 amide bonds. The van der Waals surface area contributed by atoms with E-state index in [2.05, 4.69) is 48.5 Å². The van der Waals surface area contributed by atoms with Crippen molar-refractivity contribution < 1.29 is 9.47 Å². The van der Waals surface area contributed by atoms with Gasteiger partial charge in [0.05, 0.1) is 18.3 Å². The molecule has 2 aromatic rings. The standard InChI is InChI=1S/C20H24O2S2/c1-21-16-6-10-18(11-7-16)23-20(14-4-3-5-15-20)24-19-12-8-17(22-2)9-13-19/h6-13H,3-5,14-15H2,1-2H3. The minimum atomic E-state index is 0.224. The Hall–Kier alpha value is -1.26. The van der Waals surface area contributed by atoms with E-state index in [1.54, 1.807) is 14.2 Å². The predicted octanol–water partition coefficient (Wildman–Crippen LogP) is 6.25. The molecule has 3 rings (SSSR count). The molecule has 0 radical (unpaired) electrons. The number of thioether (sulfide) groups is 2. The van der Waals surface area contributed by atoms with Crippen molar-refractivity contribution in [2.24, 2.45) is 0 Å². The number of ether oxygens (including phenoxy) is 2. The summed E-state index contributed by atoms with van der Waals surface area (Å²) in [6, 6.07) is 16.9. The highest BCUT2D eigenvalue weighted by molar-refractivity contribution is 8.18. The van der Waals surface area contributed by atoms with E-state index in [0.717, 1.165) is 11.5 Å². The lowest BCUT2D eigenvalue weighted by Gasteiger charge is -2.36. The summed E-state index contributed by atoms with van der Waals surface area (Å²) in [6.45, 7) is 0. The Labute approximate surface area is 153 Å². The van der Waals surface area contributed by atoms with Gasteiger partial charge in [0.15, 0.2) is 0 Å². The molecule has 0 atom stereocenters. The minimum absolute atomic E-state index is 0.224. The van der Waals surface area contributed by atoms with E-state index >= 15 is 0 Å². The third kappa shape index (κ3) is 4.42. The van der Waals surface area contributed by atoms with E-state index < -0.39 is 0 Å². The smallest absolute Gasteiger partial charge is 0.118 e. The predicted molar refractivity (Wildman–Crippen MR) is 104 cm³/mol. The van der Waals surface area contributed by atoms with Crippen LogP contribution in [0.4, 0.5) is 0 Å². The first-order valence-electron chi connectivity index (χ1n) is 8.39. The molecule has 128 valence electrons. The largest absolute Gasteiger partial charge is 0.497 e. The fourth-order valence-electron chi connectivity index (χ4n) is 3.03. The second-order valence-corrected chi connectivity index (χ2v) is 9.20. The highest BCUT2D eigenvalue weighted by atomic mass is 32.2. The van der Waals surface area contributed by atoms with Gasteiger partial charge in [-0.2, -0.15) is 0 Å². The van der Waals surface area contributed by atoms with Crippen molar-refractivity contribution >= 4 is 23.5 Å². The molecule has 0 aromatic heterocycles. The molecule has 1 aliphatic carbocycles. The Morgan fingerprint density at radius 1 is 0.667 bits per heavy atom. The van der Waals surface area contributed by atoms with Crippen molar-refractivity contribution in [2.75, 3.05) is 14.2 Å². The molecular weight excluding hydrogens is 336 g/mol. The van der Waals surface area contributed by atoms with E-state index in [9.17, 15) is 0 Å². The highest BCUT2D eigenvalue weighted by Crippen LogP contribution is 2.54. The van der Waals surface area contributed by atoms with E-state index in [1.807, 2.05) is 23.5 Å². The monoisotopic (exact) mass is 360 g/mol. The van der Waals surface area contributed by atoms with Crippen molar-refractivity contribution in [3.8, 4) is 11.5 Å². The number of rotatable bonds is 6. The molecule has 1 fully saturated rings. The van der Waals surface area contributed by atoms with Crippen molar-refractivity contribution in [3.63, 3.8) is 0 Å². The fourth-order valence-corrected chi connectivity index (χ4v) is 6.17. The normalized spacial score (nSPS) is 16.6. The Morgan fingerprint density at radius 2 is 1.08 bits per heavy atom. The Balaban J connectivity index is 1.77. The summed E-state index contributed by atoms with van der Waals surface area (Å²) in [5.41, 5.74) is 0. The third-order valence-electron chi connectivity index (χ3n) is 4.34. The molecule has 24 heavy (non-hydrogen) atoms. The average molecular weight is 361 g/mol. The van der Waals surface area contributed by atoms with Crippen LogP contribution >= 0.6 is 23.5 Å². The Morgan fingerprint density at radius 3 is 1.46 bits per heavy atom. The topological polar surface area (TPSA) is 18.5 Å². The molecule has 1 aliphatic rings. The van der Waals surface area contributed by atoms with Gasteiger partial charge in [0.2, 0.25) is 0 Å². The molecule has 2 aromatic carbocycles. The Bertz CT molecular complexity index is 580. The molecular formula is C20H24O2S2. The number of hydrogen-bond acceptors (Lipinski definition) is 4. The lowest BCUT2D eigenvalue weighted by atomic mass is 10.00. The van der Waals surface area contributed by atoms with Gasteiger partial charge in [-0.15, -0.1) is 23.5 Å². The van der Waals surface area contributed by atoms with Crippen molar-refractivity contribution in [1.29, 1.82) is 0 Å². The molecule has 1 saturated carbocycles. The average Bonchev–Trinajstić information content (AvgIpc) is 2.64. The molecule has 0 heterocycles. The van der Waals surface area contributed by atoms with Crippen molar-refractivity contribution in [3.05, 3.63) is 48.5 Å². The van der Waals surface area contributed by atoms with Crippen molar-refractivity contribution in [1.82, 2.24) is 0 Å². The third-order valence-corrected chi connectivity index (χ3v) is 7.42. The molecule has 0 bridgehead atoms. The van der Waals surface area contributed by atoms with E-state index in [0.29, 0.717) is 0 Å². The summed E-state index contributed by atoms with van der Waals surface area (Å²) in [4.78, 5) is 2.64. The van der Waals surface area contributed by atoms with Gasteiger partial charge in [-0.05, 0) is 61.4 Å². The van der Waals surface area contributed by atoms with E-state index in [-0.39, 0.29) is 4.08 Å². The molecule has 0 spiro atoms. The zero-order chi connectivity index (χ0) is 16.8. The fraction of sp³-hybridized carbons (Fsp3) is 0.400. The molecule has 0 N–H and O–H groups in total. The lowest BCUT2D eigenvalue weighted by molar-refractivity contribution is 0.414. The van der Waals surface area contributed by atoms with Gasteiger partial charge < -0.3 is 9.47 Å². The van der Waals surface area contributed by atoms with Crippen LogP contribution in [-0.2, 0) is 0 Å². The summed E-state index contributed by atoms with van der Waals surface area (Å²) < 4.78 is 10.8. The van der Waals surface area contributed by atoms with E-state index in [4.69, 9.17) is 9.47 Å². The summed E-state index contributed by atoms with van der Waals surface area (Å²) >= 11 is 4.02.